The predicted molar refractivity (Wildman–Crippen MR) is 41.7 cm³/mol. The largest absolute Gasteiger partial charge is 0.308 e. The van der Waals surface area contributed by atoms with E-state index in [1.165, 1.54) is 0 Å². The molecule has 0 aliphatic heterocycles. The second-order valence-corrected chi connectivity index (χ2v) is 2.36. The van der Waals surface area contributed by atoms with E-state index in [9.17, 15) is 4.79 Å². The van der Waals surface area contributed by atoms with Gasteiger partial charge in [0.2, 0.25) is 5.65 Å². The fraction of sp³-hybridized carbons (Fsp3) is 0.333. The molecule has 2 aromatic heterocycles. The molecule has 2 heterocycles. The van der Waals surface area contributed by atoms with Crippen molar-refractivity contribution >= 4 is 11.2 Å². The lowest BCUT2D eigenvalue weighted by Crippen LogP contribution is -2.11. The average molecular weight is 165 g/mol. The first kappa shape index (κ1) is 6.96. The Kier molecular flexibility index (Phi) is 1.39. The number of rotatable bonds is 1. The van der Waals surface area contributed by atoms with Gasteiger partial charge in [0.1, 0.15) is 5.82 Å². The van der Waals surface area contributed by atoms with Gasteiger partial charge in [-0.2, -0.15) is 5.21 Å². The Labute approximate surface area is 67.0 Å². The molecule has 2 N–H and O–H groups in total. The second-order valence-electron chi connectivity index (χ2n) is 2.36. The molecule has 0 bridgehead atoms. The molecule has 12 heavy (non-hydrogen) atoms. The van der Waals surface area contributed by atoms with Gasteiger partial charge in [-0.25, -0.2) is 4.98 Å². The SMILES string of the molecule is CCc1nc2n[nH]nc2c(=O)[nH]1. The minimum Gasteiger partial charge on any atom is -0.308 e. The first-order valence-corrected chi connectivity index (χ1v) is 3.61. The van der Waals surface area contributed by atoms with Gasteiger partial charge in [0.05, 0.1) is 0 Å². The molecule has 62 valence electrons. The van der Waals surface area contributed by atoms with Crippen LogP contribution in [0.25, 0.3) is 11.2 Å². The van der Waals surface area contributed by atoms with E-state index in [1.807, 2.05) is 6.92 Å². The Bertz CT molecular complexity index is 456. The summed E-state index contributed by atoms with van der Waals surface area (Å²) in [4.78, 5) is 17.9. The third kappa shape index (κ3) is 0.884. The van der Waals surface area contributed by atoms with E-state index >= 15 is 0 Å². The molecule has 0 amide bonds. The summed E-state index contributed by atoms with van der Waals surface area (Å²) in [6.07, 6.45) is 0.679. The highest BCUT2D eigenvalue weighted by atomic mass is 16.1. The molecule has 6 nitrogen and oxygen atoms in total. The summed E-state index contributed by atoms with van der Waals surface area (Å²) in [7, 11) is 0. The molecular formula is C6H7N5O. The zero-order valence-electron chi connectivity index (χ0n) is 6.46. The number of H-pyrrole nitrogens is 2. The van der Waals surface area contributed by atoms with Crippen molar-refractivity contribution < 1.29 is 0 Å². The zero-order valence-corrected chi connectivity index (χ0v) is 6.46. The Balaban J connectivity index is 2.84. The minimum absolute atomic E-state index is 0.245. The van der Waals surface area contributed by atoms with E-state index in [1.54, 1.807) is 0 Å². The van der Waals surface area contributed by atoms with Crippen LogP contribution in [0.3, 0.4) is 0 Å². The first-order chi connectivity index (χ1) is 5.81. The molecule has 0 spiro atoms. The predicted octanol–water partition coefficient (Wildman–Crippen LogP) is -0.396. The fourth-order valence-electron chi connectivity index (χ4n) is 0.969. The molecule has 0 fully saturated rings. The van der Waals surface area contributed by atoms with Crippen molar-refractivity contribution in [1.82, 2.24) is 25.4 Å². The lowest BCUT2D eigenvalue weighted by Gasteiger charge is -1.92. The summed E-state index contributed by atoms with van der Waals surface area (Å²) in [6.45, 7) is 1.91. The summed E-state index contributed by atoms with van der Waals surface area (Å²) in [6, 6.07) is 0. The summed E-state index contributed by atoms with van der Waals surface area (Å²) < 4.78 is 0. The van der Waals surface area contributed by atoms with E-state index in [0.717, 1.165) is 0 Å². The highest BCUT2D eigenvalue weighted by molar-refractivity contribution is 5.66. The van der Waals surface area contributed by atoms with Crippen LogP contribution in [0.4, 0.5) is 0 Å². The molecule has 0 atom stereocenters. The van der Waals surface area contributed by atoms with E-state index in [-0.39, 0.29) is 11.1 Å². The van der Waals surface area contributed by atoms with Crippen LogP contribution >= 0.6 is 0 Å². The fourth-order valence-corrected chi connectivity index (χ4v) is 0.969. The Hall–Kier alpha value is -1.72. The van der Waals surface area contributed by atoms with Crippen molar-refractivity contribution in [1.29, 1.82) is 0 Å². The molecule has 2 aromatic rings. The number of fused-ring (bicyclic) bond motifs is 1. The quantitative estimate of drug-likeness (QED) is 0.602. The number of hydrogen-bond donors (Lipinski definition) is 2. The highest BCUT2D eigenvalue weighted by Gasteiger charge is 2.04. The second kappa shape index (κ2) is 2.40. The van der Waals surface area contributed by atoms with Gasteiger partial charge in [0.15, 0.2) is 5.52 Å². The average Bonchev–Trinajstić information content (AvgIpc) is 2.52. The van der Waals surface area contributed by atoms with Crippen LogP contribution < -0.4 is 5.56 Å². The lowest BCUT2D eigenvalue weighted by molar-refractivity contribution is 0.932. The Morgan fingerprint density at radius 2 is 2.25 bits per heavy atom. The van der Waals surface area contributed by atoms with Crippen LogP contribution in [0.15, 0.2) is 4.79 Å². The molecule has 0 aromatic carbocycles. The molecule has 0 saturated carbocycles. The van der Waals surface area contributed by atoms with Crippen molar-refractivity contribution in [2.75, 3.05) is 0 Å². The van der Waals surface area contributed by atoms with Crippen LogP contribution in [0.2, 0.25) is 0 Å². The maximum Gasteiger partial charge on any atom is 0.281 e. The molecule has 0 unspecified atom stereocenters. The molecular weight excluding hydrogens is 158 g/mol. The normalized spacial score (nSPS) is 10.8. The molecule has 0 saturated heterocycles. The van der Waals surface area contributed by atoms with Crippen molar-refractivity contribution in [2.45, 2.75) is 13.3 Å². The molecule has 2 rings (SSSR count). The highest BCUT2D eigenvalue weighted by Crippen LogP contribution is 1.97. The third-order valence-electron chi connectivity index (χ3n) is 1.58. The first-order valence-electron chi connectivity index (χ1n) is 3.61. The monoisotopic (exact) mass is 165 g/mol. The van der Waals surface area contributed by atoms with Gasteiger partial charge in [-0.15, -0.1) is 10.2 Å². The number of nitrogens with one attached hydrogen (secondary N) is 2. The van der Waals surface area contributed by atoms with E-state index in [4.69, 9.17) is 0 Å². The Morgan fingerprint density at radius 3 is 3.00 bits per heavy atom. The number of aromatic nitrogens is 5. The van der Waals surface area contributed by atoms with Gasteiger partial charge in [-0.3, -0.25) is 4.79 Å². The lowest BCUT2D eigenvalue weighted by atomic mass is 10.4. The van der Waals surface area contributed by atoms with Gasteiger partial charge in [-0.1, -0.05) is 6.92 Å². The van der Waals surface area contributed by atoms with Crippen LogP contribution in [-0.4, -0.2) is 25.4 Å². The van der Waals surface area contributed by atoms with Crippen molar-refractivity contribution in [3.63, 3.8) is 0 Å². The van der Waals surface area contributed by atoms with E-state index < -0.39 is 0 Å². The van der Waals surface area contributed by atoms with E-state index in [0.29, 0.717) is 17.9 Å². The summed E-state index contributed by atoms with van der Waals surface area (Å²) in [5, 5.41) is 9.72. The van der Waals surface area contributed by atoms with Gasteiger partial charge in [-0.05, 0) is 0 Å². The van der Waals surface area contributed by atoms with Crippen molar-refractivity contribution in [3.05, 3.63) is 16.2 Å². The van der Waals surface area contributed by atoms with Crippen LogP contribution in [0, 0.1) is 0 Å². The molecule has 0 aliphatic carbocycles. The minimum atomic E-state index is -0.245. The van der Waals surface area contributed by atoms with Crippen molar-refractivity contribution in [2.24, 2.45) is 0 Å². The van der Waals surface area contributed by atoms with Gasteiger partial charge in [0, 0.05) is 6.42 Å². The standard InChI is InChI=1S/C6H7N5O/c1-2-3-7-5-4(6(12)8-3)9-11-10-5/h2H2,1H3,(H2,7,8,9,10,11,12). The smallest absolute Gasteiger partial charge is 0.281 e. The van der Waals surface area contributed by atoms with Crippen LogP contribution in [0.1, 0.15) is 12.7 Å². The van der Waals surface area contributed by atoms with Gasteiger partial charge < -0.3 is 4.98 Å². The maximum atomic E-state index is 11.2. The van der Waals surface area contributed by atoms with Gasteiger partial charge in [0.25, 0.3) is 5.56 Å². The van der Waals surface area contributed by atoms with E-state index in [2.05, 4.69) is 25.4 Å². The Morgan fingerprint density at radius 1 is 1.42 bits per heavy atom. The summed E-state index contributed by atoms with van der Waals surface area (Å²) in [5.74, 6) is 0.626. The maximum absolute atomic E-state index is 11.2. The van der Waals surface area contributed by atoms with Crippen LogP contribution in [0.5, 0.6) is 0 Å². The number of hydrogen-bond acceptors (Lipinski definition) is 4. The summed E-state index contributed by atoms with van der Waals surface area (Å²) >= 11 is 0. The number of aryl methyl sites for hydroxylation is 1. The molecule has 6 heteroatoms. The number of nitrogens with zero attached hydrogens (tertiary/aromatic N) is 3. The van der Waals surface area contributed by atoms with Crippen LogP contribution in [-0.2, 0) is 6.42 Å². The summed E-state index contributed by atoms with van der Waals surface area (Å²) in [5.41, 5.74) is 0.383. The molecule has 0 radical (unpaired) electrons. The van der Waals surface area contributed by atoms with Gasteiger partial charge >= 0.3 is 0 Å². The zero-order chi connectivity index (χ0) is 8.55. The number of aromatic amines is 2. The third-order valence-corrected chi connectivity index (χ3v) is 1.58. The topological polar surface area (TPSA) is 87.3 Å². The molecule has 0 aliphatic rings. The van der Waals surface area contributed by atoms with Crippen molar-refractivity contribution in [3.8, 4) is 0 Å².